The Morgan fingerprint density at radius 2 is 1.46 bits per heavy atom. The molecule has 1 aliphatic carbocycles. The number of hydrogen-bond donors (Lipinski definition) is 0. The van der Waals surface area contributed by atoms with E-state index in [0.717, 1.165) is 16.9 Å². The molecule has 1 aliphatic rings. The molecule has 0 bridgehead atoms. The van der Waals surface area contributed by atoms with E-state index in [0.29, 0.717) is 0 Å². The molecule has 9 heteroatoms. The van der Waals surface area contributed by atoms with Crippen LogP contribution < -0.4 is 0 Å². The number of hydrogen-bond acceptors (Lipinski definition) is 3. The van der Waals surface area contributed by atoms with Gasteiger partial charge in [0.15, 0.2) is 0 Å². The van der Waals surface area contributed by atoms with E-state index in [4.69, 9.17) is 32.7 Å². The van der Waals surface area contributed by atoms with Gasteiger partial charge in [0.2, 0.25) is 0 Å². The Morgan fingerprint density at radius 1 is 1.04 bits per heavy atom. The van der Waals surface area contributed by atoms with Gasteiger partial charge in [0.05, 0.1) is 0 Å². The molecule has 0 fully saturated rings. The van der Waals surface area contributed by atoms with Crippen LogP contribution in [0.4, 0.5) is 0 Å². The van der Waals surface area contributed by atoms with Crippen molar-refractivity contribution in [2.75, 3.05) is 7.11 Å². The predicted octanol–water partition coefficient (Wildman–Crippen LogP) is 1.02. The molecule has 24 heavy (non-hydrogen) atoms. The number of methoxy groups -OCH3 is 1. The third-order valence-corrected chi connectivity index (χ3v) is 3.86. The quantitative estimate of drug-likeness (QED) is 0.245. The van der Waals surface area contributed by atoms with Crippen LogP contribution >= 0.6 is 0 Å². The third-order valence-electron chi connectivity index (χ3n) is 2.17. The van der Waals surface area contributed by atoms with Crippen LogP contribution in [0.25, 0.3) is 0 Å². The Balaban J connectivity index is -0.000000103. The SMILES string of the molecule is CO[C](=[W])[C@@H]1CCC=C[C@H]1OC(C)=O.[C-]#[O+].[C-]#[O+].[C-]#[O+].[C-]#[O+].[C-]#[O+]. The summed E-state index contributed by atoms with van der Waals surface area (Å²) >= 11 is 1.31. The summed E-state index contributed by atoms with van der Waals surface area (Å²) in [4.78, 5) is 10.9. The van der Waals surface area contributed by atoms with Gasteiger partial charge >= 0.3 is 151 Å². The van der Waals surface area contributed by atoms with Crippen molar-refractivity contribution in [2.24, 2.45) is 5.92 Å². The van der Waals surface area contributed by atoms with Crippen LogP contribution in [0, 0.1) is 39.2 Å². The number of ether oxygens (including phenoxy) is 2. The molecule has 0 unspecified atom stereocenters. The van der Waals surface area contributed by atoms with Crippen molar-refractivity contribution in [2.45, 2.75) is 25.9 Å². The first kappa shape index (κ1) is 33.9. The second kappa shape index (κ2) is 33.1. The molecule has 0 spiro atoms. The maximum absolute atomic E-state index is 10.9. The van der Waals surface area contributed by atoms with Crippen molar-refractivity contribution in [3.63, 3.8) is 0 Å². The molecule has 0 saturated carbocycles. The summed E-state index contributed by atoms with van der Waals surface area (Å²) in [7, 11) is 1.67. The molecule has 0 aromatic carbocycles. The summed E-state index contributed by atoms with van der Waals surface area (Å²) < 4.78 is 49.0. The molecule has 1 rings (SSSR count). The summed E-state index contributed by atoms with van der Waals surface area (Å²) in [6.45, 7) is 23.9. The summed E-state index contributed by atoms with van der Waals surface area (Å²) in [5, 5.41) is 0. The van der Waals surface area contributed by atoms with Crippen LogP contribution in [-0.2, 0) is 56.9 Å². The number of esters is 1. The van der Waals surface area contributed by atoms with Gasteiger partial charge in [-0.1, -0.05) is 0 Å². The fourth-order valence-electron chi connectivity index (χ4n) is 1.52. The molecular weight excluding hydrogens is 492 g/mol. The molecular formula is C15H14O8W. The van der Waals surface area contributed by atoms with Crippen molar-refractivity contribution in [3.8, 4) is 0 Å². The van der Waals surface area contributed by atoms with Gasteiger partial charge in [0.1, 0.15) is 0 Å². The summed E-state index contributed by atoms with van der Waals surface area (Å²) in [6, 6.07) is 0. The molecule has 0 saturated heterocycles. The Kier molecular flexibility index (Phi) is 46.8. The fourth-order valence-corrected chi connectivity index (χ4v) is 2.43. The van der Waals surface area contributed by atoms with Crippen LogP contribution in [0.1, 0.15) is 19.8 Å². The molecule has 0 N–H and O–H groups in total. The normalized spacial score (nSPS) is 15.5. The van der Waals surface area contributed by atoms with Crippen molar-refractivity contribution >= 4 is 10.1 Å². The van der Waals surface area contributed by atoms with Crippen LogP contribution in [0.5, 0.6) is 0 Å². The number of carbonyl (C=O) groups excluding carboxylic acids is 1. The minimum absolute atomic E-state index is 0.131. The van der Waals surface area contributed by atoms with Gasteiger partial charge in [-0.25, -0.2) is 0 Å². The maximum atomic E-state index is 10.9. The van der Waals surface area contributed by atoms with E-state index in [1.165, 1.54) is 26.3 Å². The van der Waals surface area contributed by atoms with Gasteiger partial charge in [-0.05, 0) is 0 Å². The predicted molar refractivity (Wildman–Crippen MR) is 69.1 cm³/mol. The van der Waals surface area contributed by atoms with Crippen LogP contribution in [0.3, 0.4) is 0 Å². The average molecular weight is 506 g/mol. The Labute approximate surface area is 151 Å². The van der Waals surface area contributed by atoms with Gasteiger partial charge in [-0.3, -0.25) is 0 Å². The Hall–Kier alpha value is -1.57. The zero-order chi connectivity index (χ0) is 20.6. The van der Waals surface area contributed by atoms with Crippen LogP contribution in [0.2, 0.25) is 0 Å². The van der Waals surface area contributed by atoms with Gasteiger partial charge in [-0.15, -0.1) is 0 Å². The molecule has 0 radical (unpaired) electrons. The summed E-state index contributed by atoms with van der Waals surface area (Å²) in [6.07, 6.45) is 5.91. The Morgan fingerprint density at radius 3 is 1.79 bits per heavy atom. The number of allylic oxidation sites excluding steroid dienone is 1. The topological polar surface area (TPSA) is 135 Å². The van der Waals surface area contributed by atoms with E-state index >= 15 is 0 Å². The van der Waals surface area contributed by atoms with Gasteiger partial charge in [0.25, 0.3) is 0 Å². The molecule has 0 amide bonds. The molecule has 128 valence electrons. The standard InChI is InChI=1S/C10H14O3.5CO.W/c1-8(11)13-10-6-4-3-5-9(10)7-12-2;5*1-2;/h4,6,9-10H,3,5H2,1-2H3;;;;;;/t9-,10+;;;;;;/m0....../s1. The molecule has 0 heterocycles. The second-order valence-electron chi connectivity index (χ2n) is 3.21. The first-order chi connectivity index (χ1) is 11.6. The zero-order valence-corrected chi connectivity index (χ0v) is 15.8. The van der Waals surface area contributed by atoms with E-state index in [1.807, 2.05) is 6.08 Å². The van der Waals surface area contributed by atoms with Crippen LogP contribution in [-0.4, -0.2) is 23.3 Å². The first-order valence-corrected chi connectivity index (χ1v) is 7.05. The molecule has 0 aliphatic heterocycles. The van der Waals surface area contributed by atoms with E-state index in [1.54, 1.807) is 7.11 Å². The van der Waals surface area contributed by atoms with Crippen molar-refractivity contribution < 1.29 is 56.9 Å². The molecule has 8 nitrogen and oxygen atoms in total. The second-order valence-corrected chi connectivity index (χ2v) is 4.65. The van der Waals surface area contributed by atoms with Gasteiger partial charge < -0.3 is 0 Å². The van der Waals surface area contributed by atoms with Crippen molar-refractivity contribution in [1.82, 2.24) is 0 Å². The van der Waals surface area contributed by atoms with E-state index < -0.39 is 0 Å². The van der Waals surface area contributed by atoms with Crippen molar-refractivity contribution in [1.29, 1.82) is 0 Å². The molecule has 0 aromatic rings. The summed E-state index contributed by atoms with van der Waals surface area (Å²) in [5.41, 5.74) is 0. The van der Waals surface area contributed by atoms with Crippen LogP contribution in [0.15, 0.2) is 12.2 Å². The zero-order valence-electron chi connectivity index (χ0n) is 12.9. The average Bonchev–Trinajstić information content (AvgIpc) is 2.69. The summed E-state index contributed by atoms with van der Waals surface area (Å²) in [5.74, 6) is 0.00866. The van der Waals surface area contributed by atoms with Gasteiger partial charge in [0, 0.05) is 0 Å². The first-order valence-electron chi connectivity index (χ1n) is 5.59. The minimum atomic E-state index is -0.231. The number of rotatable bonds is 3. The van der Waals surface area contributed by atoms with E-state index in [2.05, 4.69) is 39.3 Å². The molecule has 0 aromatic heterocycles. The third kappa shape index (κ3) is 20.4. The number of carbonyl (C=O) groups is 1. The monoisotopic (exact) mass is 506 g/mol. The fraction of sp³-hybridized carbons (Fsp3) is 0.400. The van der Waals surface area contributed by atoms with E-state index in [9.17, 15) is 4.79 Å². The van der Waals surface area contributed by atoms with E-state index in [-0.39, 0.29) is 18.0 Å². The Bertz CT molecular complexity index is 410. The van der Waals surface area contributed by atoms with Gasteiger partial charge in [-0.2, -0.15) is 0 Å². The van der Waals surface area contributed by atoms with Crippen molar-refractivity contribution in [3.05, 3.63) is 45.4 Å². The molecule has 2 atom stereocenters.